The number of esters is 6. The van der Waals surface area contributed by atoms with E-state index < -0.39 is 5.97 Å². The Bertz CT molecular complexity index is 3350. The second-order valence-corrected chi connectivity index (χ2v) is 40.4. The van der Waals surface area contributed by atoms with Crippen LogP contribution in [0, 0.1) is 201 Å². The Morgan fingerprint density at radius 2 is 0.692 bits per heavy atom. The van der Waals surface area contributed by atoms with Crippen LogP contribution < -0.4 is 0 Å². The first-order valence-electron chi connectivity index (χ1n) is 44.0. The molecule has 107 heavy (non-hydrogen) atoms. The number of aliphatic hydroxyl groups is 1. The van der Waals surface area contributed by atoms with Gasteiger partial charge in [0.1, 0.15) is 36.6 Å². The zero-order valence-corrected chi connectivity index (χ0v) is 64.6. The Hall–Kier alpha value is -4.60. The number of hydrogen-bond donors (Lipinski definition) is 1. The summed E-state index contributed by atoms with van der Waals surface area (Å²) in [6.45, 7) is 20.9. The molecule has 0 aliphatic heterocycles. The summed E-state index contributed by atoms with van der Waals surface area (Å²) in [6, 6.07) is 0. The van der Waals surface area contributed by atoms with Gasteiger partial charge in [-0.05, 0) is 395 Å². The quantitative estimate of drug-likeness (QED) is 0.0474. The van der Waals surface area contributed by atoms with Gasteiger partial charge in [-0.25, -0.2) is 24.0 Å². The van der Waals surface area contributed by atoms with Crippen molar-refractivity contribution in [2.45, 2.75) is 236 Å². The number of ether oxygens (including phenoxy) is 8. The van der Waals surface area contributed by atoms with E-state index in [9.17, 15) is 33.9 Å². The predicted octanol–water partition coefficient (Wildman–Crippen LogP) is 15.7. The molecule has 0 amide bonds. The highest BCUT2D eigenvalue weighted by atomic mass is 16.6. The Labute approximate surface area is 637 Å². The molecule has 15 heteroatoms. The fourth-order valence-corrected chi connectivity index (χ4v) is 34.2. The SMILES string of the molecule is C1CC2CC1C1C3CCC(C3)C21.C=C(C)C(=O)OC1CC2CC1C1C3CCC(C3)C21.C=CC(=O)OC1CC2CC1C1C3CC(C(=O)OC45CC6CC(CC(C6)C4)C5)C(C3)C21.C=CC(=O)OC1CC2CC1C1C3CC(O)C(C3)C21.C=CC(=O)OC1CC2CC1C1C3CCC(C3)C21.C=CC(=O)OCCOCCOC. The predicted molar refractivity (Wildman–Crippen MR) is 401 cm³/mol. The van der Waals surface area contributed by atoms with Crippen molar-refractivity contribution in [2.24, 2.45) is 201 Å². The van der Waals surface area contributed by atoms with E-state index >= 15 is 0 Å². The van der Waals surface area contributed by atoms with Gasteiger partial charge in [0.25, 0.3) is 0 Å². The number of carbonyl (C=O) groups is 6. The van der Waals surface area contributed by atoms with Gasteiger partial charge < -0.3 is 43.0 Å². The fraction of sp³-hybridized carbons (Fsp3) is 0.826. The first-order chi connectivity index (χ1) is 51.9. The van der Waals surface area contributed by atoms with Crippen molar-refractivity contribution in [1.82, 2.24) is 0 Å². The van der Waals surface area contributed by atoms with E-state index in [0.717, 1.165) is 153 Å². The second kappa shape index (κ2) is 29.7. The normalized spacial score (nSPS) is 50.8. The van der Waals surface area contributed by atoms with Gasteiger partial charge in [-0.15, -0.1) is 0 Å². The second-order valence-electron chi connectivity index (χ2n) is 40.4. The maximum absolute atomic E-state index is 13.5. The lowest BCUT2D eigenvalue weighted by Gasteiger charge is -2.56. The molecule has 34 atom stereocenters. The van der Waals surface area contributed by atoms with Crippen LogP contribution in [0.2, 0.25) is 0 Å². The highest BCUT2D eigenvalue weighted by Crippen LogP contribution is 2.73. The highest BCUT2D eigenvalue weighted by Gasteiger charge is 2.70. The Morgan fingerprint density at radius 1 is 0.364 bits per heavy atom. The fourth-order valence-electron chi connectivity index (χ4n) is 34.2. The van der Waals surface area contributed by atoms with Crippen molar-refractivity contribution in [3.8, 4) is 0 Å². The molecule has 24 bridgehead atoms. The average Bonchev–Trinajstić information content (AvgIpc) is 1.55. The molecule has 24 saturated carbocycles. The molecule has 586 valence electrons. The lowest BCUT2D eigenvalue weighted by Crippen LogP contribution is -2.53. The summed E-state index contributed by atoms with van der Waals surface area (Å²) in [4.78, 5) is 70.1. The van der Waals surface area contributed by atoms with E-state index in [1.165, 1.54) is 150 Å². The van der Waals surface area contributed by atoms with Gasteiger partial charge in [0, 0.05) is 37.0 Å². The first-order valence-corrected chi connectivity index (χ1v) is 44.0. The minimum absolute atomic E-state index is 0.0511. The van der Waals surface area contributed by atoms with E-state index in [1.807, 2.05) is 0 Å². The van der Waals surface area contributed by atoms with Crippen LogP contribution in [0.3, 0.4) is 0 Å². The van der Waals surface area contributed by atoms with Gasteiger partial charge in [0.2, 0.25) is 0 Å². The van der Waals surface area contributed by atoms with E-state index in [1.54, 1.807) is 52.6 Å². The summed E-state index contributed by atoms with van der Waals surface area (Å²) < 4.78 is 43.4. The van der Waals surface area contributed by atoms with Crippen molar-refractivity contribution in [1.29, 1.82) is 0 Å². The summed E-state index contributed by atoms with van der Waals surface area (Å²) in [5.74, 6) is 27.1. The van der Waals surface area contributed by atoms with Crippen molar-refractivity contribution in [2.75, 3.05) is 33.5 Å². The molecule has 24 rings (SSSR count). The Kier molecular flexibility index (Phi) is 20.5. The number of fused-ring (bicyclic) bond motifs is 45. The average molecular weight is 1470 g/mol. The largest absolute Gasteiger partial charge is 0.460 e. The number of carbonyl (C=O) groups excluding carboxylic acids is 6. The van der Waals surface area contributed by atoms with Crippen molar-refractivity contribution in [3.05, 3.63) is 62.8 Å². The van der Waals surface area contributed by atoms with Crippen molar-refractivity contribution in [3.63, 3.8) is 0 Å². The summed E-state index contributed by atoms with van der Waals surface area (Å²) >= 11 is 0. The lowest BCUT2D eigenvalue weighted by atomic mass is 9.54. The van der Waals surface area contributed by atoms with Gasteiger partial charge in [0.15, 0.2) is 0 Å². The molecule has 0 heterocycles. The van der Waals surface area contributed by atoms with Crippen molar-refractivity contribution < 1.29 is 71.8 Å². The van der Waals surface area contributed by atoms with Crippen LogP contribution in [0.4, 0.5) is 0 Å². The molecule has 24 aliphatic carbocycles. The van der Waals surface area contributed by atoms with Crippen LogP contribution in [0.15, 0.2) is 62.8 Å². The maximum Gasteiger partial charge on any atom is 0.333 e. The molecule has 24 aliphatic rings. The molecule has 0 saturated heterocycles. The zero-order chi connectivity index (χ0) is 73.6. The number of hydrogen-bond acceptors (Lipinski definition) is 15. The molecule has 0 aromatic carbocycles. The van der Waals surface area contributed by atoms with Gasteiger partial charge >= 0.3 is 35.8 Å². The van der Waals surface area contributed by atoms with Gasteiger partial charge in [-0.3, -0.25) is 4.79 Å². The third kappa shape index (κ3) is 13.2. The van der Waals surface area contributed by atoms with E-state index in [2.05, 4.69) is 37.6 Å². The van der Waals surface area contributed by atoms with E-state index in [0.29, 0.717) is 96.4 Å². The lowest BCUT2D eigenvalue weighted by molar-refractivity contribution is -0.194. The molecule has 0 spiro atoms. The van der Waals surface area contributed by atoms with Crippen LogP contribution in [-0.4, -0.2) is 111 Å². The molecular formula is C92H128O15. The molecule has 1 N–H and O–H groups in total. The van der Waals surface area contributed by atoms with Crippen LogP contribution in [-0.2, 0) is 66.7 Å². The van der Waals surface area contributed by atoms with Gasteiger partial charge in [-0.1, -0.05) is 32.9 Å². The molecule has 24 fully saturated rings. The monoisotopic (exact) mass is 1470 g/mol. The Morgan fingerprint density at radius 3 is 1.10 bits per heavy atom. The minimum Gasteiger partial charge on any atom is -0.460 e. The Balaban J connectivity index is 0.0000000937. The van der Waals surface area contributed by atoms with Gasteiger partial charge in [0.05, 0.1) is 31.8 Å². The maximum atomic E-state index is 13.5. The van der Waals surface area contributed by atoms with Crippen LogP contribution in [0.5, 0.6) is 0 Å². The van der Waals surface area contributed by atoms with Crippen LogP contribution >= 0.6 is 0 Å². The molecular weight excluding hydrogens is 1340 g/mol. The topological polar surface area (TPSA) is 196 Å². The summed E-state index contributed by atoms with van der Waals surface area (Å²) in [5, 5.41) is 10.0. The van der Waals surface area contributed by atoms with Crippen molar-refractivity contribution >= 4 is 35.8 Å². The molecule has 34 unspecified atom stereocenters. The molecule has 0 aromatic heterocycles. The van der Waals surface area contributed by atoms with Crippen LogP contribution in [0.25, 0.3) is 0 Å². The van der Waals surface area contributed by atoms with Crippen LogP contribution in [0.1, 0.15) is 200 Å². The minimum atomic E-state index is -0.426. The first kappa shape index (κ1) is 73.9. The summed E-state index contributed by atoms with van der Waals surface area (Å²) in [6.07, 6.45) is 45.4. The third-order valence-corrected chi connectivity index (χ3v) is 36.1. The smallest absolute Gasteiger partial charge is 0.333 e. The third-order valence-electron chi connectivity index (χ3n) is 36.1. The molecule has 15 nitrogen and oxygen atoms in total. The summed E-state index contributed by atoms with van der Waals surface area (Å²) in [7, 11) is 1.60. The summed E-state index contributed by atoms with van der Waals surface area (Å²) in [5.41, 5.74) is 0.438. The van der Waals surface area contributed by atoms with E-state index in [4.69, 9.17) is 33.2 Å². The number of methoxy groups -OCH3 is 1. The number of rotatable bonds is 17. The standard InChI is InChI=1S/C26H34O4.C16H22O2.C15H20O3.C15H20O2.C12H18.C8H14O4/c1-2-22(27)29-21-9-17-8-20(21)24-16-6-18(23(17)24)19(7-16)25(28)30-26-10-13-3-14(11-26)5-15(4-13)12-26;1-8(2)16(17)18-13-7-11-6-12(13)15-10-4-3-9(5-10)14(11)15;1-2-13(17)18-12-6-8-4-10(12)15-7-3-9(14(8)15)11(16)5-7;1-2-13(16)17-12-7-10-6-11(12)15-9-4-3-8(5-9)14(10)15;1-2-8-5-7(1)11-9-3-4-10(6-9)12(8)11;1-3-8(9)12-7-6-11-5-4-10-2/h2,13-21,23-24H,1,3-12H2;9-15H,1,3-7H2,2H3;2,7-12,14-16H,1,3-6H2;2,8-12,14-15H,1,3-7H2;7-12H,1-6H2;3H,1,4-7H2,2H3. The number of aliphatic hydroxyl groups excluding tert-OH is 1. The van der Waals surface area contributed by atoms with E-state index in [-0.39, 0.29) is 78.5 Å². The zero-order valence-electron chi connectivity index (χ0n) is 64.6. The van der Waals surface area contributed by atoms with Gasteiger partial charge in [-0.2, -0.15) is 0 Å². The molecule has 0 aromatic rings. The molecule has 0 radical (unpaired) electrons. The highest BCUT2D eigenvalue weighted by molar-refractivity contribution is 5.87.